The minimum absolute atomic E-state index is 0.0596. The van der Waals surface area contributed by atoms with Crippen molar-refractivity contribution in [3.05, 3.63) is 101 Å². The number of anilines is 1. The Morgan fingerprint density at radius 3 is 2.34 bits per heavy atom. The number of halogens is 2. The molecule has 0 aliphatic heterocycles. The molecule has 3 aromatic rings. The predicted octanol–water partition coefficient (Wildman–Crippen LogP) is 4.88. The topological polar surface area (TPSA) is 49.4 Å². The molecule has 0 atom stereocenters. The standard InChI is InChI=1S/C26H24F2N2O2/c27-22-11-9-19(10-12-22)17-30(26(32)21-4-2-5-23(28)15-21)24-6-1-3-20(13-24)14-25(31)29-16-18-7-8-18/h1-6,9-13,15,18H,7-8,14,16-17H2,(H,29,31). The lowest BCUT2D eigenvalue weighted by Gasteiger charge is -2.24. The van der Waals surface area contributed by atoms with Crippen molar-refractivity contribution in [3.8, 4) is 0 Å². The molecule has 4 nitrogen and oxygen atoms in total. The lowest BCUT2D eigenvalue weighted by molar-refractivity contribution is -0.120. The lowest BCUT2D eigenvalue weighted by Crippen LogP contribution is -2.31. The van der Waals surface area contributed by atoms with E-state index in [-0.39, 0.29) is 36.2 Å². The van der Waals surface area contributed by atoms with E-state index >= 15 is 0 Å². The molecule has 0 radical (unpaired) electrons. The highest BCUT2D eigenvalue weighted by Crippen LogP contribution is 2.27. The van der Waals surface area contributed by atoms with Crippen LogP contribution in [0.5, 0.6) is 0 Å². The van der Waals surface area contributed by atoms with Crippen LogP contribution in [0.2, 0.25) is 0 Å². The zero-order chi connectivity index (χ0) is 22.5. The van der Waals surface area contributed by atoms with E-state index in [0.717, 1.165) is 24.0 Å². The molecule has 164 valence electrons. The molecule has 1 N–H and O–H groups in total. The third-order valence-electron chi connectivity index (χ3n) is 5.44. The Kier molecular flexibility index (Phi) is 6.59. The first-order valence-corrected chi connectivity index (χ1v) is 10.7. The van der Waals surface area contributed by atoms with E-state index in [1.807, 2.05) is 6.07 Å². The number of rotatable bonds is 8. The Balaban J connectivity index is 1.58. The second kappa shape index (κ2) is 9.73. The molecule has 0 saturated heterocycles. The molecule has 0 heterocycles. The van der Waals surface area contributed by atoms with Crippen LogP contribution in [-0.4, -0.2) is 18.4 Å². The van der Waals surface area contributed by atoms with Gasteiger partial charge in [-0.1, -0.05) is 30.3 Å². The van der Waals surface area contributed by atoms with Crippen LogP contribution in [0.25, 0.3) is 0 Å². The highest BCUT2D eigenvalue weighted by molar-refractivity contribution is 6.06. The molecular weight excluding hydrogens is 410 g/mol. The van der Waals surface area contributed by atoms with Gasteiger partial charge in [-0.25, -0.2) is 8.78 Å². The number of carbonyl (C=O) groups excluding carboxylic acids is 2. The Labute approximate surface area is 185 Å². The largest absolute Gasteiger partial charge is 0.356 e. The first kappa shape index (κ1) is 21.7. The normalized spacial score (nSPS) is 12.9. The van der Waals surface area contributed by atoms with E-state index in [9.17, 15) is 18.4 Å². The molecule has 0 bridgehead atoms. The van der Waals surface area contributed by atoms with Crippen molar-refractivity contribution >= 4 is 17.5 Å². The SMILES string of the molecule is O=C(Cc1cccc(N(Cc2ccc(F)cc2)C(=O)c2cccc(F)c2)c1)NCC1CC1. The van der Waals surface area contributed by atoms with E-state index in [1.165, 1.54) is 35.2 Å². The number of benzene rings is 3. The average molecular weight is 434 g/mol. The summed E-state index contributed by atoms with van der Waals surface area (Å²) in [6.45, 7) is 0.875. The predicted molar refractivity (Wildman–Crippen MR) is 119 cm³/mol. The van der Waals surface area contributed by atoms with Gasteiger partial charge in [0.2, 0.25) is 5.91 Å². The maximum atomic E-state index is 13.7. The maximum absolute atomic E-state index is 13.7. The fourth-order valence-electron chi connectivity index (χ4n) is 3.49. The van der Waals surface area contributed by atoms with Gasteiger partial charge >= 0.3 is 0 Å². The van der Waals surface area contributed by atoms with Crippen LogP contribution in [0.1, 0.15) is 34.3 Å². The van der Waals surface area contributed by atoms with Gasteiger partial charge in [-0.3, -0.25) is 9.59 Å². The smallest absolute Gasteiger partial charge is 0.258 e. The summed E-state index contributed by atoms with van der Waals surface area (Å²) < 4.78 is 27.1. The van der Waals surface area contributed by atoms with Gasteiger partial charge < -0.3 is 10.2 Å². The number of nitrogens with zero attached hydrogens (tertiary/aromatic N) is 1. The quantitative estimate of drug-likeness (QED) is 0.549. The van der Waals surface area contributed by atoms with Gasteiger partial charge in [0.15, 0.2) is 0 Å². The molecule has 3 aromatic carbocycles. The summed E-state index contributed by atoms with van der Waals surface area (Å²) in [5.41, 5.74) is 2.28. The number of amides is 2. The number of hydrogen-bond donors (Lipinski definition) is 1. The third-order valence-corrected chi connectivity index (χ3v) is 5.44. The Morgan fingerprint density at radius 1 is 0.875 bits per heavy atom. The summed E-state index contributed by atoms with van der Waals surface area (Å²) in [6, 6.07) is 18.6. The van der Waals surface area contributed by atoms with E-state index < -0.39 is 5.82 Å². The van der Waals surface area contributed by atoms with Crippen LogP contribution in [0.15, 0.2) is 72.8 Å². The second-order valence-electron chi connectivity index (χ2n) is 8.12. The van der Waals surface area contributed by atoms with Crippen molar-refractivity contribution in [2.75, 3.05) is 11.4 Å². The van der Waals surface area contributed by atoms with Crippen molar-refractivity contribution in [2.45, 2.75) is 25.8 Å². The highest BCUT2D eigenvalue weighted by atomic mass is 19.1. The maximum Gasteiger partial charge on any atom is 0.258 e. The van der Waals surface area contributed by atoms with Gasteiger partial charge in [-0.15, -0.1) is 0 Å². The molecule has 0 aromatic heterocycles. The molecule has 4 rings (SSSR count). The van der Waals surface area contributed by atoms with E-state index in [4.69, 9.17) is 0 Å². The monoisotopic (exact) mass is 434 g/mol. The molecule has 6 heteroatoms. The fraction of sp³-hybridized carbons (Fsp3) is 0.231. The molecule has 2 amide bonds. The fourth-order valence-corrected chi connectivity index (χ4v) is 3.49. The van der Waals surface area contributed by atoms with Crippen LogP contribution in [0, 0.1) is 17.6 Å². The Bertz CT molecular complexity index is 1110. The summed E-state index contributed by atoms with van der Waals surface area (Å²) in [6.07, 6.45) is 2.53. The molecule has 1 aliphatic rings. The first-order valence-electron chi connectivity index (χ1n) is 10.7. The van der Waals surface area contributed by atoms with Gasteiger partial charge in [0.05, 0.1) is 13.0 Å². The summed E-state index contributed by atoms with van der Waals surface area (Å²) in [7, 11) is 0. The lowest BCUT2D eigenvalue weighted by atomic mass is 10.1. The zero-order valence-electron chi connectivity index (χ0n) is 17.6. The molecule has 0 unspecified atom stereocenters. The third kappa shape index (κ3) is 5.78. The average Bonchev–Trinajstić information content (AvgIpc) is 3.62. The molecule has 1 saturated carbocycles. The Morgan fingerprint density at radius 2 is 1.62 bits per heavy atom. The van der Waals surface area contributed by atoms with Crippen LogP contribution in [0.3, 0.4) is 0 Å². The van der Waals surface area contributed by atoms with Crippen molar-refractivity contribution in [2.24, 2.45) is 5.92 Å². The van der Waals surface area contributed by atoms with Crippen molar-refractivity contribution in [1.82, 2.24) is 5.32 Å². The van der Waals surface area contributed by atoms with Gasteiger partial charge in [0.25, 0.3) is 5.91 Å². The molecular formula is C26H24F2N2O2. The second-order valence-corrected chi connectivity index (χ2v) is 8.12. The van der Waals surface area contributed by atoms with E-state index in [1.54, 1.807) is 36.4 Å². The number of carbonyl (C=O) groups is 2. The van der Waals surface area contributed by atoms with Crippen molar-refractivity contribution < 1.29 is 18.4 Å². The van der Waals surface area contributed by atoms with Crippen LogP contribution < -0.4 is 10.2 Å². The molecule has 1 aliphatic carbocycles. The van der Waals surface area contributed by atoms with Crippen molar-refractivity contribution in [1.29, 1.82) is 0 Å². The summed E-state index contributed by atoms with van der Waals surface area (Å²) in [5.74, 6) is -0.713. The van der Waals surface area contributed by atoms with Gasteiger partial charge in [-0.2, -0.15) is 0 Å². The van der Waals surface area contributed by atoms with Gasteiger partial charge in [-0.05, 0) is 72.4 Å². The minimum atomic E-state index is -0.501. The van der Waals surface area contributed by atoms with Gasteiger partial charge in [0, 0.05) is 17.8 Å². The molecule has 32 heavy (non-hydrogen) atoms. The van der Waals surface area contributed by atoms with E-state index in [0.29, 0.717) is 18.2 Å². The van der Waals surface area contributed by atoms with Crippen LogP contribution in [0.4, 0.5) is 14.5 Å². The van der Waals surface area contributed by atoms with Gasteiger partial charge in [0.1, 0.15) is 11.6 Å². The van der Waals surface area contributed by atoms with Crippen molar-refractivity contribution in [3.63, 3.8) is 0 Å². The molecule has 0 spiro atoms. The minimum Gasteiger partial charge on any atom is -0.356 e. The summed E-state index contributed by atoms with van der Waals surface area (Å²) in [4.78, 5) is 27.1. The Hall–Kier alpha value is -3.54. The molecule has 1 fully saturated rings. The first-order chi connectivity index (χ1) is 15.5. The summed E-state index contributed by atoms with van der Waals surface area (Å²) in [5, 5.41) is 2.95. The zero-order valence-corrected chi connectivity index (χ0v) is 17.6. The number of nitrogens with one attached hydrogen (secondary N) is 1. The van der Waals surface area contributed by atoms with E-state index in [2.05, 4.69) is 5.32 Å². The summed E-state index contributed by atoms with van der Waals surface area (Å²) >= 11 is 0. The highest BCUT2D eigenvalue weighted by Gasteiger charge is 2.22. The van der Waals surface area contributed by atoms with Crippen LogP contribution in [-0.2, 0) is 17.8 Å². The number of hydrogen-bond acceptors (Lipinski definition) is 2. The van der Waals surface area contributed by atoms with Crippen LogP contribution >= 0.6 is 0 Å².